The average Bonchev–Trinajstić information content (AvgIpc) is 3.29. The van der Waals surface area contributed by atoms with Crippen LogP contribution in [0.1, 0.15) is 11.3 Å². The van der Waals surface area contributed by atoms with E-state index < -0.39 is 0 Å². The Balaban J connectivity index is 1.36. The van der Waals surface area contributed by atoms with E-state index in [1.807, 2.05) is 24.5 Å². The van der Waals surface area contributed by atoms with Gasteiger partial charge in [0, 0.05) is 45.7 Å². The second-order valence-electron chi connectivity index (χ2n) is 10.8. The van der Waals surface area contributed by atoms with Gasteiger partial charge in [0.1, 0.15) is 0 Å². The van der Waals surface area contributed by atoms with Crippen molar-refractivity contribution in [2.24, 2.45) is 0 Å². The van der Waals surface area contributed by atoms with Crippen LogP contribution in [0.4, 0.5) is 0 Å². The van der Waals surface area contributed by atoms with Gasteiger partial charge in [-0.15, -0.1) is 0 Å². The van der Waals surface area contributed by atoms with Crippen LogP contribution in [0.25, 0.3) is 71.4 Å². The molecule has 5 aromatic carbocycles. The lowest BCUT2D eigenvalue weighted by Crippen LogP contribution is -1.98. The Morgan fingerprint density at radius 1 is 0.537 bits per heavy atom. The minimum absolute atomic E-state index is 0.946. The number of benzene rings is 5. The molecule has 0 aliphatic heterocycles. The minimum atomic E-state index is 0.946. The molecule has 3 aromatic heterocycles. The number of rotatable bonds is 3. The first-order valence-electron chi connectivity index (χ1n) is 14.0. The summed E-state index contributed by atoms with van der Waals surface area (Å²) in [5.74, 6) is 0. The molecule has 0 fully saturated rings. The van der Waals surface area contributed by atoms with Crippen molar-refractivity contribution in [2.45, 2.75) is 13.8 Å². The van der Waals surface area contributed by atoms with Gasteiger partial charge in [0.05, 0.1) is 16.9 Å². The lowest BCUT2D eigenvalue weighted by atomic mass is 9.98. The smallest absolute Gasteiger partial charge is 0.0715 e. The van der Waals surface area contributed by atoms with Crippen molar-refractivity contribution in [3.05, 3.63) is 139 Å². The SMILES string of the molecule is Cc1c(C)n(-c2ccc3cc4ccccc4cc3c2)c2c1ccc1c(-c3cccc(-c4ccncc4)n3)cccc12. The first kappa shape index (κ1) is 23.6. The average molecular weight is 526 g/mol. The summed E-state index contributed by atoms with van der Waals surface area (Å²) in [5.41, 5.74) is 9.10. The van der Waals surface area contributed by atoms with Crippen molar-refractivity contribution in [2.75, 3.05) is 0 Å². The van der Waals surface area contributed by atoms with E-state index in [1.54, 1.807) is 0 Å². The molecule has 194 valence electrons. The van der Waals surface area contributed by atoms with Crippen molar-refractivity contribution in [3.63, 3.8) is 0 Å². The number of aromatic nitrogens is 3. The molecular weight excluding hydrogens is 498 g/mol. The van der Waals surface area contributed by atoms with Gasteiger partial charge in [0.25, 0.3) is 0 Å². The summed E-state index contributed by atoms with van der Waals surface area (Å²) in [5, 5.41) is 8.74. The van der Waals surface area contributed by atoms with E-state index in [-0.39, 0.29) is 0 Å². The van der Waals surface area contributed by atoms with Gasteiger partial charge in [-0.2, -0.15) is 0 Å². The quantitative estimate of drug-likeness (QED) is 0.215. The maximum Gasteiger partial charge on any atom is 0.0715 e. The van der Waals surface area contributed by atoms with Gasteiger partial charge in [-0.3, -0.25) is 4.98 Å². The van der Waals surface area contributed by atoms with E-state index in [4.69, 9.17) is 4.98 Å². The molecule has 0 aliphatic carbocycles. The molecule has 0 amide bonds. The molecule has 0 saturated heterocycles. The molecule has 0 bridgehead atoms. The van der Waals surface area contributed by atoms with E-state index in [1.165, 1.54) is 60.2 Å². The van der Waals surface area contributed by atoms with E-state index in [0.29, 0.717) is 0 Å². The van der Waals surface area contributed by atoms with Crippen LogP contribution in [0.2, 0.25) is 0 Å². The topological polar surface area (TPSA) is 30.7 Å². The highest BCUT2D eigenvalue weighted by Crippen LogP contribution is 2.38. The number of nitrogens with zero attached hydrogens (tertiary/aromatic N) is 3. The third kappa shape index (κ3) is 3.74. The molecule has 0 atom stereocenters. The molecule has 0 unspecified atom stereocenters. The van der Waals surface area contributed by atoms with Crippen LogP contribution in [0, 0.1) is 13.8 Å². The molecule has 8 aromatic rings. The van der Waals surface area contributed by atoms with Crippen LogP contribution < -0.4 is 0 Å². The Morgan fingerprint density at radius 3 is 2.07 bits per heavy atom. The van der Waals surface area contributed by atoms with Gasteiger partial charge in [-0.1, -0.05) is 66.7 Å². The highest BCUT2D eigenvalue weighted by molar-refractivity contribution is 6.12. The first-order chi connectivity index (χ1) is 20.2. The third-order valence-electron chi connectivity index (χ3n) is 8.49. The lowest BCUT2D eigenvalue weighted by molar-refractivity contribution is 1.05. The third-order valence-corrected chi connectivity index (χ3v) is 8.49. The lowest BCUT2D eigenvalue weighted by Gasteiger charge is -2.14. The van der Waals surface area contributed by atoms with Gasteiger partial charge < -0.3 is 4.57 Å². The monoisotopic (exact) mass is 525 g/mol. The molecule has 0 spiro atoms. The van der Waals surface area contributed by atoms with Crippen molar-refractivity contribution >= 4 is 43.2 Å². The molecule has 8 rings (SSSR count). The van der Waals surface area contributed by atoms with Gasteiger partial charge in [0.15, 0.2) is 0 Å². The summed E-state index contributed by atoms with van der Waals surface area (Å²) < 4.78 is 2.44. The fourth-order valence-electron chi connectivity index (χ4n) is 6.30. The second kappa shape index (κ2) is 9.14. The highest BCUT2D eigenvalue weighted by atomic mass is 15.0. The van der Waals surface area contributed by atoms with E-state index in [2.05, 4.69) is 127 Å². The molecule has 3 nitrogen and oxygen atoms in total. The van der Waals surface area contributed by atoms with Gasteiger partial charge in [0.2, 0.25) is 0 Å². The molecule has 0 saturated carbocycles. The van der Waals surface area contributed by atoms with Gasteiger partial charge in [-0.25, -0.2) is 4.98 Å². The molecule has 3 heteroatoms. The van der Waals surface area contributed by atoms with Crippen LogP contribution in [-0.4, -0.2) is 14.5 Å². The number of fused-ring (bicyclic) bond motifs is 5. The van der Waals surface area contributed by atoms with E-state index in [0.717, 1.165) is 22.5 Å². The predicted molar refractivity (Wildman–Crippen MR) is 172 cm³/mol. The molecule has 0 radical (unpaired) electrons. The number of pyridine rings is 2. The maximum absolute atomic E-state index is 5.07. The van der Waals surface area contributed by atoms with E-state index >= 15 is 0 Å². The number of aryl methyl sites for hydroxylation is 1. The Morgan fingerprint density at radius 2 is 1.24 bits per heavy atom. The van der Waals surface area contributed by atoms with Crippen molar-refractivity contribution in [1.82, 2.24) is 14.5 Å². The zero-order valence-corrected chi connectivity index (χ0v) is 23.0. The number of hydrogen-bond donors (Lipinski definition) is 0. The predicted octanol–water partition coefficient (Wildman–Crippen LogP) is 9.83. The van der Waals surface area contributed by atoms with Crippen LogP contribution in [-0.2, 0) is 0 Å². The highest BCUT2D eigenvalue weighted by Gasteiger charge is 2.17. The van der Waals surface area contributed by atoms with Gasteiger partial charge in [-0.05, 0) is 94.9 Å². The van der Waals surface area contributed by atoms with Crippen molar-refractivity contribution < 1.29 is 0 Å². The zero-order chi connectivity index (χ0) is 27.5. The summed E-state index contributed by atoms with van der Waals surface area (Å²) in [6, 6.07) is 41.4. The summed E-state index contributed by atoms with van der Waals surface area (Å²) in [6.45, 7) is 4.47. The Hall–Kier alpha value is -5.28. The minimum Gasteiger partial charge on any atom is -0.313 e. The van der Waals surface area contributed by atoms with E-state index in [9.17, 15) is 0 Å². The number of hydrogen-bond acceptors (Lipinski definition) is 2. The largest absolute Gasteiger partial charge is 0.313 e. The van der Waals surface area contributed by atoms with Crippen molar-refractivity contribution in [1.29, 1.82) is 0 Å². The summed E-state index contributed by atoms with van der Waals surface area (Å²) >= 11 is 0. The molecule has 3 heterocycles. The zero-order valence-electron chi connectivity index (χ0n) is 23.0. The van der Waals surface area contributed by atoms with Crippen molar-refractivity contribution in [3.8, 4) is 28.2 Å². The summed E-state index contributed by atoms with van der Waals surface area (Å²) in [6.07, 6.45) is 3.62. The molecule has 0 aliphatic rings. The second-order valence-corrected chi connectivity index (χ2v) is 10.8. The fourth-order valence-corrected chi connectivity index (χ4v) is 6.30. The Bertz CT molecular complexity index is 2280. The van der Waals surface area contributed by atoms with Crippen LogP contribution in [0.3, 0.4) is 0 Å². The maximum atomic E-state index is 5.07. The van der Waals surface area contributed by atoms with Crippen LogP contribution in [0.15, 0.2) is 128 Å². The normalized spacial score (nSPS) is 11.7. The summed E-state index contributed by atoms with van der Waals surface area (Å²) in [7, 11) is 0. The molecule has 0 N–H and O–H groups in total. The Labute approximate surface area is 238 Å². The van der Waals surface area contributed by atoms with Gasteiger partial charge >= 0.3 is 0 Å². The standard InChI is InChI=1S/C38H27N3/c1-24-25(2)41(31-14-13-29-21-27-7-3-4-8-28(27)22-30(29)23-31)38-32(24)15-16-33-34(9-5-10-35(33)38)37-12-6-11-36(40-37)26-17-19-39-20-18-26/h3-23H,1-2H3. The van der Waals surface area contributed by atoms with Crippen LogP contribution in [0.5, 0.6) is 0 Å². The van der Waals surface area contributed by atoms with Crippen LogP contribution >= 0.6 is 0 Å². The summed E-state index contributed by atoms with van der Waals surface area (Å²) in [4.78, 5) is 9.23. The molecular formula is C38H27N3. The fraction of sp³-hybridized carbons (Fsp3) is 0.0526. The molecule has 41 heavy (non-hydrogen) atoms. The Kier molecular flexibility index (Phi) is 5.26. The first-order valence-corrected chi connectivity index (χ1v) is 14.0.